The van der Waals surface area contributed by atoms with Crippen LogP contribution in [0.4, 0.5) is 0 Å². The summed E-state index contributed by atoms with van der Waals surface area (Å²) >= 11 is 1.33. The molecule has 0 spiro atoms. The van der Waals surface area contributed by atoms with E-state index in [9.17, 15) is 4.79 Å². The first kappa shape index (κ1) is 17.7. The Morgan fingerprint density at radius 2 is 2.20 bits per heavy atom. The van der Waals surface area contributed by atoms with E-state index in [-0.39, 0.29) is 12.2 Å². The van der Waals surface area contributed by atoms with Gasteiger partial charge in [-0.25, -0.2) is 0 Å². The molecule has 0 aromatic heterocycles. The van der Waals surface area contributed by atoms with Crippen molar-refractivity contribution in [1.29, 1.82) is 0 Å². The quantitative estimate of drug-likeness (QED) is 0.580. The number of nitrogens with one attached hydrogen (secondary N) is 1. The standard InChI is InChI=1S/C16H19N3O5S/c1-21-12-3-2-11(9-17-19-16-18-14(20)10-25-16)8-13(12)22-5-4-15-23-6-7-24-15/h2-3,8-9,15H,4-7,10H2,1H3,(H,18,19,20). The third-order valence-electron chi connectivity index (χ3n) is 3.43. The van der Waals surface area contributed by atoms with Gasteiger partial charge in [-0.3, -0.25) is 4.79 Å². The molecule has 2 heterocycles. The number of nitrogens with zero attached hydrogens (tertiary/aromatic N) is 2. The molecule has 1 amide bonds. The maximum atomic E-state index is 11.1. The Hall–Kier alpha value is -2.10. The topological polar surface area (TPSA) is 90.7 Å². The number of carbonyl (C=O) groups is 1. The zero-order chi connectivity index (χ0) is 17.5. The summed E-state index contributed by atoms with van der Waals surface area (Å²) in [5.41, 5.74) is 0.808. The average Bonchev–Trinajstić information content (AvgIpc) is 3.27. The second-order valence-corrected chi connectivity index (χ2v) is 6.17. The van der Waals surface area contributed by atoms with Crippen LogP contribution in [0.15, 0.2) is 28.4 Å². The van der Waals surface area contributed by atoms with E-state index in [1.807, 2.05) is 12.1 Å². The fourth-order valence-corrected chi connectivity index (χ4v) is 2.88. The van der Waals surface area contributed by atoms with Gasteiger partial charge in [0.1, 0.15) is 0 Å². The molecule has 0 unspecified atom stereocenters. The van der Waals surface area contributed by atoms with Crippen LogP contribution in [0.25, 0.3) is 0 Å². The third-order valence-corrected chi connectivity index (χ3v) is 4.29. The molecular formula is C16H19N3O5S. The molecule has 0 atom stereocenters. The van der Waals surface area contributed by atoms with Crippen LogP contribution < -0.4 is 14.8 Å². The number of ether oxygens (including phenoxy) is 4. The van der Waals surface area contributed by atoms with Gasteiger partial charge in [-0.15, -0.1) is 5.10 Å². The first-order valence-corrected chi connectivity index (χ1v) is 8.81. The summed E-state index contributed by atoms with van der Waals surface area (Å²) in [5.74, 6) is 1.56. The Labute approximate surface area is 149 Å². The predicted molar refractivity (Wildman–Crippen MR) is 94.4 cm³/mol. The normalized spacial score (nSPS) is 19.7. The number of hydrogen-bond acceptors (Lipinski definition) is 8. The minimum atomic E-state index is -0.203. The molecule has 2 aliphatic heterocycles. The van der Waals surface area contributed by atoms with Crippen LogP contribution in [0.3, 0.4) is 0 Å². The van der Waals surface area contributed by atoms with Gasteiger partial charge in [-0.1, -0.05) is 11.8 Å². The van der Waals surface area contributed by atoms with Crippen molar-refractivity contribution >= 4 is 29.1 Å². The molecule has 0 saturated carbocycles. The fraction of sp³-hybridized carbons (Fsp3) is 0.438. The highest BCUT2D eigenvalue weighted by atomic mass is 32.2. The summed E-state index contributed by atoms with van der Waals surface area (Å²) in [5, 5.41) is 11.1. The van der Waals surface area contributed by atoms with Gasteiger partial charge in [0.25, 0.3) is 0 Å². The van der Waals surface area contributed by atoms with E-state index in [4.69, 9.17) is 18.9 Å². The van der Waals surface area contributed by atoms with Crippen LogP contribution in [-0.4, -0.2) is 56.3 Å². The number of hydrogen-bond donors (Lipinski definition) is 1. The van der Waals surface area contributed by atoms with Crippen LogP contribution in [0.5, 0.6) is 11.5 Å². The largest absolute Gasteiger partial charge is 0.493 e. The average molecular weight is 365 g/mol. The molecule has 9 heteroatoms. The van der Waals surface area contributed by atoms with Gasteiger partial charge >= 0.3 is 0 Å². The number of benzene rings is 1. The molecular weight excluding hydrogens is 346 g/mol. The van der Waals surface area contributed by atoms with Gasteiger partial charge < -0.3 is 24.3 Å². The zero-order valence-corrected chi connectivity index (χ0v) is 14.6. The van der Waals surface area contributed by atoms with Crippen LogP contribution in [0.2, 0.25) is 0 Å². The lowest BCUT2D eigenvalue weighted by molar-refractivity contribution is -0.116. The minimum absolute atomic E-state index is 0.0608. The second-order valence-electron chi connectivity index (χ2n) is 5.21. The highest BCUT2D eigenvalue weighted by Crippen LogP contribution is 2.28. The van der Waals surface area contributed by atoms with Gasteiger partial charge in [0.05, 0.1) is 38.9 Å². The van der Waals surface area contributed by atoms with E-state index in [1.165, 1.54) is 11.8 Å². The third kappa shape index (κ3) is 5.18. The molecule has 0 radical (unpaired) electrons. The van der Waals surface area contributed by atoms with Crippen molar-refractivity contribution in [2.45, 2.75) is 12.7 Å². The SMILES string of the molecule is COc1ccc(C=NN=C2NC(=O)CS2)cc1OCCC1OCCO1. The van der Waals surface area contributed by atoms with Crippen molar-refractivity contribution in [2.75, 3.05) is 32.7 Å². The Bertz CT molecular complexity index is 674. The van der Waals surface area contributed by atoms with Gasteiger partial charge in [0.15, 0.2) is 23.0 Å². The van der Waals surface area contributed by atoms with Crippen molar-refractivity contribution in [3.05, 3.63) is 23.8 Å². The molecule has 3 rings (SSSR count). The number of methoxy groups -OCH3 is 1. The molecule has 2 aliphatic rings. The summed E-state index contributed by atoms with van der Waals surface area (Å²) < 4.78 is 21.8. The molecule has 2 fully saturated rings. The molecule has 0 bridgehead atoms. The van der Waals surface area contributed by atoms with E-state index in [0.717, 1.165) is 5.56 Å². The summed E-state index contributed by atoms with van der Waals surface area (Å²) in [6.07, 6.45) is 2.03. The Morgan fingerprint density at radius 3 is 2.92 bits per heavy atom. The molecule has 2 saturated heterocycles. The first-order valence-electron chi connectivity index (χ1n) is 7.82. The van der Waals surface area contributed by atoms with Gasteiger partial charge in [0, 0.05) is 6.42 Å². The van der Waals surface area contributed by atoms with Crippen LogP contribution >= 0.6 is 11.8 Å². The molecule has 1 aromatic carbocycles. The maximum Gasteiger partial charge on any atom is 0.236 e. The van der Waals surface area contributed by atoms with E-state index in [1.54, 1.807) is 19.4 Å². The van der Waals surface area contributed by atoms with Crippen molar-refractivity contribution in [1.82, 2.24) is 5.32 Å². The lowest BCUT2D eigenvalue weighted by Gasteiger charge is -2.13. The predicted octanol–water partition coefficient (Wildman–Crippen LogP) is 1.39. The van der Waals surface area contributed by atoms with E-state index in [0.29, 0.717) is 48.7 Å². The molecule has 0 aliphatic carbocycles. The smallest absolute Gasteiger partial charge is 0.236 e. The van der Waals surface area contributed by atoms with Crippen molar-refractivity contribution in [3.8, 4) is 11.5 Å². The number of thioether (sulfide) groups is 1. The lowest BCUT2D eigenvalue weighted by Crippen LogP contribution is -2.19. The van der Waals surface area contributed by atoms with Gasteiger partial charge in [-0.05, 0) is 23.8 Å². The number of amidine groups is 1. The van der Waals surface area contributed by atoms with Crippen molar-refractivity contribution in [2.24, 2.45) is 10.2 Å². The lowest BCUT2D eigenvalue weighted by atomic mass is 10.2. The number of carbonyl (C=O) groups excluding carboxylic acids is 1. The summed E-state index contributed by atoms with van der Waals surface area (Å²) in [6, 6.07) is 5.47. The van der Waals surface area contributed by atoms with E-state index < -0.39 is 0 Å². The van der Waals surface area contributed by atoms with Crippen LogP contribution in [0, 0.1) is 0 Å². The van der Waals surface area contributed by atoms with Gasteiger partial charge in [0.2, 0.25) is 5.91 Å². The van der Waals surface area contributed by atoms with Crippen molar-refractivity contribution in [3.63, 3.8) is 0 Å². The van der Waals surface area contributed by atoms with E-state index in [2.05, 4.69) is 15.5 Å². The Balaban J connectivity index is 1.59. The molecule has 1 N–H and O–H groups in total. The molecule has 25 heavy (non-hydrogen) atoms. The molecule has 8 nitrogen and oxygen atoms in total. The maximum absolute atomic E-state index is 11.1. The highest BCUT2D eigenvalue weighted by Gasteiger charge is 2.17. The fourth-order valence-electron chi connectivity index (χ4n) is 2.25. The highest BCUT2D eigenvalue weighted by molar-refractivity contribution is 8.15. The molecule has 1 aromatic rings. The second kappa shape index (κ2) is 8.84. The first-order chi connectivity index (χ1) is 12.2. The van der Waals surface area contributed by atoms with Gasteiger partial charge in [-0.2, -0.15) is 5.10 Å². The van der Waals surface area contributed by atoms with E-state index >= 15 is 0 Å². The summed E-state index contributed by atoms with van der Waals surface area (Å²) in [6.45, 7) is 1.70. The Kier molecular flexibility index (Phi) is 6.26. The minimum Gasteiger partial charge on any atom is -0.493 e. The Morgan fingerprint density at radius 1 is 1.36 bits per heavy atom. The zero-order valence-electron chi connectivity index (χ0n) is 13.8. The number of rotatable bonds is 7. The summed E-state index contributed by atoms with van der Waals surface area (Å²) in [4.78, 5) is 11.1. The van der Waals surface area contributed by atoms with Crippen LogP contribution in [0.1, 0.15) is 12.0 Å². The van der Waals surface area contributed by atoms with Crippen molar-refractivity contribution < 1.29 is 23.7 Å². The monoisotopic (exact) mass is 365 g/mol. The summed E-state index contributed by atoms with van der Waals surface area (Å²) in [7, 11) is 1.59. The van der Waals surface area contributed by atoms with Crippen LogP contribution in [-0.2, 0) is 14.3 Å². The molecule has 134 valence electrons. The number of amides is 1.